The van der Waals surface area contributed by atoms with E-state index in [-0.39, 0.29) is 12.6 Å². The summed E-state index contributed by atoms with van der Waals surface area (Å²) in [6.45, 7) is 5.79. The lowest BCUT2D eigenvalue weighted by Crippen LogP contribution is -2.28. The monoisotopic (exact) mass is 211 g/mol. The van der Waals surface area contributed by atoms with Gasteiger partial charge in [-0.1, -0.05) is 0 Å². The van der Waals surface area contributed by atoms with E-state index in [2.05, 4.69) is 0 Å². The largest absolute Gasteiger partial charge is 0.480 e. The van der Waals surface area contributed by atoms with E-state index in [0.717, 1.165) is 17.1 Å². The van der Waals surface area contributed by atoms with Crippen molar-refractivity contribution < 1.29 is 14.3 Å². The van der Waals surface area contributed by atoms with Crippen LogP contribution in [0.5, 0.6) is 0 Å². The Morgan fingerprint density at radius 3 is 2.60 bits per heavy atom. The van der Waals surface area contributed by atoms with E-state index in [9.17, 15) is 4.79 Å². The molecule has 1 aromatic heterocycles. The summed E-state index contributed by atoms with van der Waals surface area (Å²) in [4.78, 5) is 12.3. The van der Waals surface area contributed by atoms with Crippen LogP contribution in [-0.4, -0.2) is 29.6 Å². The van der Waals surface area contributed by atoms with Crippen molar-refractivity contribution in [2.45, 2.75) is 26.8 Å². The molecule has 4 heteroatoms. The van der Waals surface area contributed by atoms with Crippen molar-refractivity contribution in [2.24, 2.45) is 0 Å². The molecule has 4 nitrogen and oxygen atoms in total. The molecule has 0 saturated carbocycles. The average Bonchev–Trinajstić information content (AvgIpc) is 2.42. The van der Waals surface area contributed by atoms with Gasteiger partial charge in [-0.2, -0.15) is 0 Å². The van der Waals surface area contributed by atoms with E-state index in [4.69, 9.17) is 9.52 Å². The molecule has 15 heavy (non-hydrogen) atoms. The molecule has 1 atom stereocenters. The molecule has 0 aromatic carbocycles. The Morgan fingerprint density at radius 2 is 2.20 bits per heavy atom. The van der Waals surface area contributed by atoms with E-state index >= 15 is 0 Å². The summed E-state index contributed by atoms with van der Waals surface area (Å²) in [7, 11) is 1.79. The second kappa shape index (κ2) is 4.49. The number of aliphatic carboxylic acids is 1. The SMILES string of the molecule is Cc1cc(C(C)N(C)CC(=O)O)c(C)o1. The summed E-state index contributed by atoms with van der Waals surface area (Å²) in [5, 5.41) is 8.69. The Hall–Kier alpha value is -1.29. The minimum atomic E-state index is -0.817. The summed E-state index contributed by atoms with van der Waals surface area (Å²) in [6, 6.07) is 2.01. The molecule has 0 aliphatic heterocycles. The van der Waals surface area contributed by atoms with E-state index < -0.39 is 5.97 Å². The molecule has 0 spiro atoms. The zero-order chi connectivity index (χ0) is 11.6. The third-order valence-corrected chi connectivity index (χ3v) is 2.58. The van der Waals surface area contributed by atoms with E-state index in [1.807, 2.05) is 26.8 Å². The number of aryl methyl sites for hydroxylation is 2. The predicted octanol–water partition coefficient (Wildman–Crippen LogP) is 1.97. The Labute approximate surface area is 89.5 Å². The molecule has 1 heterocycles. The van der Waals surface area contributed by atoms with Gasteiger partial charge in [0.05, 0.1) is 6.54 Å². The number of carboxylic acid groups (broad SMARTS) is 1. The fourth-order valence-electron chi connectivity index (χ4n) is 1.65. The lowest BCUT2D eigenvalue weighted by Gasteiger charge is -2.22. The van der Waals surface area contributed by atoms with Gasteiger partial charge in [-0.15, -0.1) is 0 Å². The Bertz CT molecular complexity index is 357. The number of hydrogen-bond donors (Lipinski definition) is 1. The van der Waals surface area contributed by atoms with Crippen LogP contribution in [-0.2, 0) is 4.79 Å². The van der Waals surface area contributed by atoms with E-state index in [0.29, 0.717) is 0 Å². The highest BCUT2D eigenvalue weighted by atomic mass is 16.4. The number of carboxylic acids is 1. The van der Waals surface area contributed by atoms with Gasteiger partial charge in [0.25, 0.3) is 0 Å². The molecule has 1 rings (SSSR count). The van der Waals surface area contributed by atoms with Crippen molar-refractivity contribution in [1.82, 2.24) is 4.90 Å². The average molecular weight is 211 g/mol. The van der Waals surface area contributed by atoms with Crippen LogP contribution in [0.15, 0.2) is 10.5 Å². The normalized spacial score (nSPS) is 13.1. The summed E-state index contributed by atoms with van der Waals surface area (Å²) < 4.78 is 5.42. The maximum atomic E-state index is 10.6. The molecule has 1 unspecified atom stereocenters. The van der Waals surface area contributed by atoms with Crippen molar-refractivity contribution in [3.63, 3.8) is 0 Å². The highest BCUT2D eigenvalue weighted by molar-refractivity contribution is 5.69. The molecule has 1 N–H and O–H groups in total. The number of hydrogen-bond acceptors (Lipinski definition) is 3. The minimum Gasteiger partial charge on any atom is -0.480 e. The summed E-state index contributed by atoms with van der Waals surface area (Å²) in [5.41, 5.74) is 1.05. The third kappa shape index (κ3) is 2.83. The number of likely N-dealkylation sites (N-methyl/N-ethyl adjacent to an activating group) is 1. The summed E-state index contributed by atoms with van der Waals surface area (Å²) in [5.74, 6) is 0.900. The van der Waals surface area contributed by atoms with Gasteiger partial charge in [-0.3, -0.25) is 9.69 Å². The van der Waals surface area contributed by atoms with Crippen molar-refractivity contribution in [2.75, 3.05) is 13.6 Å². The number of furan rings is 1. The predicted molar refractivity (Wildman–Crippen MR) is 56.9 cm³/mol. The lowest BCUT2D eigenvalue weighted by molar-refractivity contribution is -0.138. The molecule has 0 saturated heterocycles. The van der Waals surface area contributed by atoms with Gasteiger partial charge in [0, 0.05) is 11.6 Å². The third-order valence-electron chi connectivity index (χ3n) is 2.58. The molecule has 0 bridgehead atoms. The maximum Gasteiger partial charge on any atom is 0.317 e. The quantitative estimate of drug-likeness (QED) is 0.827. The minimum absolute atomic E-state index is 0.0326. The second-order valence-electron chi connectivity index (χ2n) is 3.85. The maximum absolute atomic E-state index is 10.6. The zero-order valence-electron chi connectivity index (χ0n) is 9.57. The molecule has 1 aromatic rings. The van der Waals surface area contributed by atoms with Crippen molar-refractivity contribution in [3.8, 4) is 0 Å². The Kier molecular flexibility index (Phi) is 3.52. The molecular weight excluding hydrogens is 194 g/mol. The Morgan fingerprint density at radius 1 is 1.60 bits per heavy atom. The fraction of sp³-hybridized carbons (Fsp3) is 0.545. The van der Waals surface area contributed by atoms with Crippen LogP contribution < -0.4 is 0 Å². The first-order valence-corrected chi connectivity index (χ1v) is 4.90. The van der Waals surface area contributed by atoms with Crippen LogP contribution in [0.25, 0.3) is 0 Å². The smallest absolute Gasteiger partial charge is 0.317 e. The van der Waals surface area contributed by atoms with Gasteiger partial charge in [0.2, 0.25) is 0 Å². The summed E-state index contributed by atoms with van der Waals surface area (Å²) in [6.07, 6.45) is 0. The first-order chi connectivity index (χ1) is 6.91. The van der Waals surface area contributed by atoms with Crippen molar-refractivity contribution >= 4 is 5.97 Å². The van der Waals surface area contributed by atoms with Gasteiger partial charge >= 0.3 is 5.97 Å². The number of carbonyl (C=O) groups is 1. The van der Waals surface area contributed by atoms with Crippen LogP contribution in [0.1, 0.15) is 30.0 Å². The van der Waals surface area contributed by atoms with Gasteiger partial charge in [0.1, 0.15) is 11.5 Å². The van der Waals surface area contributed by atoms with Crippen molar-refractivity contribution in [3.05, 3.63) is 23.2 Å². The number of nitrogens with zero attached hydrogens (tertiary/aromatic N) is 1. The van der Waals surface area contributed by atoms with Gasteiger partial charge in [-0.05, 0) is 33.9 Å². The second-order valence-corrected chi connectivity index (χ2v) is 3.85. The van der Waals surface area contributed by atoms with Crippen LogP contribution in [0.2, 0.25) is 0 Å². The van der Waals surface area contributed by atoms with Gasteiger partial charge in [0.15, 0.2) is 0 Å². The number of rotatable bonds is 4. The fourth-order valence-corrected chi connectivity index (χ4v) is 1.65. The zero-order valence-corrected chi connectivity index (χ0v) is 9.57. The molecule has 0 aliphatic carbocycles. The first kappa shape index (κ1) is 11.8. The van der Waals surface area contributed by atoms with Crippen LogP contribution >= 0.6 is 0 Å². The molecular formula is C11H17NO3. The van der Waals surface area contributed by atoms with Crippen LogP contribution in [0, 0.1) is 13.8 Å². The molecule has 84 valence electrons. The van der Waals surface area contributed by atoms with Crippen LogP contribution in [0.3, 0.4) is 0 Å². The lowest BCUT2D eigenvalue weighted by atomic mass is 10.1. The molecule has 0 radical (unpaired) electrons. The van der Waals surface area contributed by atoms with E-state index in [1.54, 1.807) is 11.9 Å². The van der Waals surface area contributed by atoms with Gasteiger partial charge < -0.3 is 9.52 Å². The van der Waals surface area contributed by atoms with Crippen molar-refractivity contribution in [1.29, 1.82) is 0 Å². The van der Waals surface area contributed by atoms with Gasteiger partial charge in [-0.25, -0.2) is 0 Å². The molecule has 0 fully saturated rings. The topological polar surface area (TPSA) is 53.7 Å². The van der Waals surface area contributed by atoms with E-state index in [1.165, 1.54) is 0 Å². The molecule has 0 aliphatic rings. The van der Waals surface area contributed by atoms with Crippen LogP contribution in [0.4, 0.5) is 0 Å². The highest BCUT2D eigenvalue weighted by Gasteiger charge is 2.18. The Balaban J connectivity index is 2.79. The highest BCUT2D eigenvalue weighted by Crippen LogP contribution is 2.24. The molecule has 0 amide bonds. The summed E-state index contributed by atoms with van der Waals surface area (Å²) >= 11 is 0. The first-order valence-electron chi connectivity index (χ1n) is 4.90. The standard InChI is InChI=1S/C11H17NO3/c1-7-5-10(9(3)15-7)8(2)12(4)6-11(13)14/h5,8H,6H2,1-4H3,(H,13,14).